The summed E-state index contributed by atoms with van der Waals surface area (Å²) in [7, 11) is 3.65. The summed E-state index contributed by atoms with van der Waals surface area (Å²) in [5, 5.41) is 6.84. The molecule has 0 aromatic heterocycles. The molecule has 4 atom stereocenters. The zero-order valence-corrected chi connectivity index (χ0v) is 16.4. The van der Waals surface area contributed by atoms with E-state index in [1.54, 1.807) is 22.1 Å². The Balaban J connectivity index is 0.000000914. The molecule has 2 heterocycles. The van der Waals surface area contributed by atoms with E-state index in [0.29, 0.717) is 6.42 Å². The Labute approximate surface area is 173 Å². The first-order valence-electron chi connectivity index (χ1n) is 12.2. The Hall–Kier alpha value is -2.70. The molecule has 2 aliphatic rings. The predicted octanol–water partition coefficient (Wildman–Crippen LogP) is 3.28. The summed E-state index contributed by atoms with van der Waals surface area (Å²) >= 11 is 0. The molecule has 2 fully saturated rings. The molecule has 6 heteroatoms. The highest BCUT2D eigenvalue weighted by molar-refractivity contribution is 5.99. The number of hydrogen-bond donors (Lipinski definition) is 0. The summed E-state index contributed by atoms with van der Waals surface area (Å²) in [5.41, 5.74) is 1.56. The van der Waals surface area contributed by atoms with Gasteiger partial charge in [0.05, 0.1) is 23.2 Å². The van der Waals surface area contributed by atoms with Crippen LogP contribution >= 0.6 is 0 Å². The van der Waals surface area contributed by atoms with Crippen LogP contribution in [0.3, 0.4) is 0 Å². The van der Waals surface area contributed by atoms with Crippen molar-refractivity contribution in [2.45, 2.75) is 19.4 Å². The SMILES string of the molecule is [2H]C1C(CC2C(=O)N(c3ccccc3)N(C)C2C)C(=O)N(c2ccccc2)N1C.[2H][2H].[2H][2H]. The van der Waals surface area contributed by atoms with Gasteiger partial charge in [0.25, 0.3) is 0 Å². The third-order valence-electron chi connectivity index (χ3n) is 5.76. The lowest BCUT2D eigenvalue weighted by atomic mass is 9.89. The number of nitrogens with zero attached hydrogens (tertiary/aromatic N) is 4. The van der Waals surface area contributed by atoms with Gasteiger partial charge in [0.15, 0.2) is 0 Å². The molecule has 2 aromatic rings. The van der Waals surface area contributed by atoms with Gasteiger partial charge in [0.1, 0.15) is 0 Å². The summed E-state index contributed by atoms with van der Waals surface area (Å²) in [6, 6.07) is 18.8. The van der Waals surface area contributed by atoms with Crippen molar-refractivity contribution in [3.8, 4) is 0 Å². The molecule has 0 saturated carbocycles. The number of para-hydroxylation sites is 2. The zero-order valence-electron chi connectivity index (χ0n) is 21.4. The molecule has 150 valence electrons. The van der Waals surface area contributed by atoms with Crippen LogP contribution < -0.4 is 10.0 Å². The Bertz CT molecular complexity index is 835. The minimum atomic E-state index is -0.723. The standard InChI is InChI=1S/C22H26N4O2.2H2/c1-16-20(22(28)26(24(16)3)19-12-8-5-9-13-19)14-17-15-23(2)25(21(17)27)18-10-6-4-7-11-18;;/h4-13,16-17,20H,14-15H2,1-3H3;2*1H/i15D;2*1+1D. The lowest BCUT2D eigenvalue weighted by molar-refractivity contribution is -0.123. The van der Waals surface area contributed by atoms with Crippen molar-refractivity contribution in [2.75, 3.05) is 30.6 Å². The van der Waals surface area contributed by atoms with Crippen molar-refractivity contribution in [3.63, 3.8) is 0 Å². The third-order valence-corrected chi connectivity index (χ3v) is 5.76. The van der Waals surface area contributed by atoms with Crippen LogP contribution in [0.15, 0.2) is 60.7 Å². The van der Waals surface area contributed by atoms with Gasteiger partial charge in [-0.1, -0.05) is 36.4 Å². The maximum atomic E-state index is 13.2. The molecule has 0 N–H and O–H groups in total. The van der Waals surface area contributed by atoms with E-state index in [1.807, 2.05) is 79.6 Å². The molecular formula is C22H30N4O2. The minimum absolute atomic E-state index is 0.0213. The maximum absolute atomic E-state index is 13.2. The van der Waals surface area contributed by atoms with Crippen molar-refractivity contribution in [2.24, 2.45) is 11.8 Å². The van der Waals surface area contributed by atoms with Gasteiger partial charge in [-0.2, -0.15) is 0 Å². The summed E-state index contributed by atoms with van der Waals surface area (Å²) in [4.78, 5) is 26.4. The van der Waals surface area contributed by atoms with Crippen LogP contribution in [0.1, 0.15) is 20.7 Å². The molecule has 4 unspecified atom stereocenters. The van der Waals surface area contributed by atoms with Gasteiger partial charge in [0, 0.05) is 34.0 Å². The predicted molar refractivity (Wildman–Crippen MR) is 114 cm³/mol. The molecule has 4 rings (SSSR count). The van der Waals surface area contributed by atoms with E-state index in [4.69, 9.17) is 7.31 Å². The van der Waals surface area contributed by atoms with E-state index in [-0.39, 0.29) is 23.8 Å². The van der Waals surface area contributed by atoms with E-state index in [1.165, 1.54) is 0 Å². The monoisotopic (exact) mass is 387 g/mol. The number of hydrogen-bond acceptors (Lipinski definition) is 4. The van der Waals surface area contributed by atoms with Crippen molar-refractivity contribution in [1.82, 2.24) is 10.0 Å². The van der Waals surface area contributed by atoms with Gasteiger partial charge in [0.2, 0.25) is 11.8 Å². The third kappa shape index (κ3) is 3.08. The maximum Gasteiger partial charge on any atom is 0.246 e. The van der Waals surface area contributed by atoms with Gasteiger partial charge >= 0.3 is 0 Å². The van der Waals surface area contributed by atoms with Crippen LogP contribution in [-0.2, 0) is 9.59 Å². The van der Waals surface area contributed by atoms with Gasteiger partial charge in [-0.05, 0) is 37.6 Å². The lowest BCUT2D eigenvalue weighted by Crippen LogP contribution is -2.38. The van der Waals surface area contributed by atoms with Gasteiger partial charge in [-0.25, -0.2) is 20.0 Å². The molecule has 0 spiro atoms. The zero-order chi connectivity index (χ0) is 24.7. The second-order valence-corrected chi connectivity index (χ2v) is 7.46. The van der Waals surface area contributed by atoms with Crippen molar-refractivity contribution < 1.29 is 16.9 Å². The van der Waals surface area contributed by atoms with Crippen molar-refractivity contribution in [3.05, 3.63) is 60.7 Å². The largest absolute Gasteiger partial charge is 0.273 e. The quantitative estimate of drug-likeness (QED) is 0.808. The van der Waals surface area contributed by atoms with Crippen LogP contribution in [-0.4, -0.2) is 48.5 Å². The number of rotatable bonds is 4. The van der Waals surface area contributed by atoms with Crippen LogP contribution in [0.25, 0.3) is 0 Å². The normalized spacial score (nSPS) is 30.2. The van der Waals surface area contributed by atoms with E-state index < -0.39 is 12.4 Å². The van der Waals surface area contributed by atoms with Gasteiger partial charge < -0.3 is 0 Å². The summed E-state index contributed by atoms with van der Waals surface area (Å²) in [5.74, 6) is -1.04. The van der Waals surface area contributed by atoms with Gasteiger partial charge in [-0.15, -0.1) is 0 Å². The van der Waals surface area contributed by atoms with E-state index in [9.17, 15) is 9.59 Å². The Morgan fingerprint density at radius 3 is 2.07 bits per heavy atom. The topological polar surface area (TPSA) is 47.1 Å². The molecule has 6 nitrogen and oxygen atoms in total. The second kappa shape index (κ2) is 7.37. The molecule has 0 bridgehead atoms. The number of hydrazine groups is 2. The number of benzene rings is 2. The molecule has 2 aliphatic heterocycles. The van der Waals surface area contributed by atoms with E-state index >= 15 is 0 Å². The van der Waals surface area contributed by atoms with Crippen LogP contribution in [0.5, 0.6) is 0 Å². The number of anilines is 2. The smallest absolute Gasteiger partial charge is 0.246 e. The molecule has 0 radical (unpaired) electrons. The molecule has 2 saturated heterocycles. The van der Waals surface area contributed by atoms with Crippen molar-refractivity contribution in [1.29, 1.82) is 0 Å². The highest BCUT2D eigenvalue weighted by Crippen LogP contribution is 2.36. The fourth-order valence-electron chi connectivity index (χ4n) is 4.15. The summed E-state index contributed by atoms with van der Waals surface area (Å²) in [6.07, 6.45) is 0.356. The summed E-state index contributed by atoms with van der Waals surface area (Å²) in [6.45, 7) is 1.28. The molecule has 2 amide bonds. The average Bonchev–Trinajstić information content (AvgIpc) is 3.21. The fourth-order valence-corrected chi connectivity index (χ4v) is 4.15. The number of carbonyl (C=O) groups excluding carboxylic acids is 2. The molecule has 2 aromatic carbocycles. The number of carbonyl (C=O) groups is 2. The van der Waals surface area contributed by atoms with Crippen molar-refractivity contribution >= 4 is 23.2 Å². The van der Waals surface area contributed by atoms with Crippen LogP contribution in [0, 0.1) is 11.8 Å². The second-order valence-electron chi connectivity index (χ2n) is 7.46. The Kier molecular flexibility index (Phi) is 4.02. The lowest BCUT2D eigenvalue weighted by Gasteiger charge is -2.26. The minimum Gasteiger partial charge on any atom is -0.273 e. The first-order valence-corrected chi connectivity index (χ1v) is 9.57. The molecular weight excluding hydrogens is 352 g/mol. The molecule has 28 heavy (non-hydrogen) atoms. The Morgan fingerprint density at radius 1 is 0.964 bits per heavy atom. The van der Waals surface area contributed by atoms with E-state index in [2.05, 4.69) is 0 Å². The Morgan fingerprint density at radius 2 is 1.50 bits per heavy atom. The van der Waals surface area contributed by atoms with E-state index in [0.717, 1.165) is 11.4 Å². The number of amides is 2. The van der Waals surface area contributed by atoms with Gasteiger partial charge in [-0.3, -0.25) is 9.59 Å². The average molecular weight is 388 g/mol. The van der Waals surface area contributed by atoms with Crippen LogP contribution in [0.4, 0.5) is 11.4 Å². The highest BCUT2D eigenvalue weighted by atomic mass is 16.2. The first kappa shape index (κ1) is 15.2. The van der Waals surface area contributed by atoms with Crippen LogP contribution in [0.2, 0.25) is 0 Å². The highest BCUT2D eigenvalue weighted by Gasteiger charge is 2.47. The summed E-state index contributed by atoms with van der Waals surface area (Å²) < 4.78 is 28.6. The fraction of sp³-hybridized carbons (Fsp3) is 0.364. The first-order chi connectivity index (χ1) is 15.9. The molecule has 0 aliphatic carbocycles.